The molecular formula is C82H70O25. The van der Waals surface area contributed by atoms with Gasteiger partial charge >= 0.3 is 53.7 Å². The quantitative estimate of drug-likeness (QED) is 0.0389. The van der Waals surface area contributed by atoms with E-state index in [1.165, 1.54) is 153 Å². The zero-order valence-corrected chi connectivity index (χ0v) is 57.0. The number of benzene rings is 9. The van der Waals surface area contributed by atoms with E-state index in [2.05, 4.69) is 0 Å². The van der Waals surface area contributed by atoms with Crippen molar-refractivity contribution in [1.29, 1.82) is 0 Å². The van der Waals surface area contributed by atoms with Gasteiger partial charge in [-0.15, -0.1) is 0 Å². The molecular weight excluding hydrogens is 1380 g/mol. The zero-order chi connectivity index (χ0) is 74.6. The van der Waals surface area contributed by atoms with Crippen molar-refractivity contribution in [3.8, 4) is 0 Å². The average Bonchev–Trinajstić information content (AvgIpc) is 0.757. The summed E-state index contributed by atoms with van der Waals surface area (Å²) >= 11 is 0. The largest absolute Gasteiger partial charge is 0.459 e. The highest BCUT2D eigenvalue weighted by molar-refractivity contribution is 5.93. The van der Waals surface area contributed by atoms with Crippen molar-refractivity contribution < 1.29 is 119 Å². The Labute approximate surface area is 612 Å². The van der Waals surface area contributed by atoms with Gasteiger partial charge in [0, 0.05) is 7.11 Å². The standard InChI is InChI=1S/C82H70O25/c1-93-80-69(104-78(91)57-43-25-9-26-44-57)67(64(101-75(88)54-37-19-6-20-38-54)60(97-80)48-95-72(85)51-31-13-3-14-32-51)107-82-70(105-79(92)58-45-27-10-28-46-58)68(65(102-76(89)55-39-21-7-22-40-55)61(99-82)49-96-73(86)52-33-15-4-16-34-52)106-81-66(103-77(90)56-41-23-8-24-42-56)62(83)63(100-74(87)53-35-17-5-18-36-53)59(98-81)47-94-71(84)50-29-11-2-12-30-50/h2-46,59-70,80-83H,47-49H2,1H3/t59-,60-,61-,62+,63-,64-,65-,66+,67+,68+,69+,70+,80+,81-,82-/m1/s1. The highest BCUT2D eigenvalue weighted by Crippen LogP contribution is 2.40. The molecule has 0 aliphatic carbocycles. The molecule has 3 saturated heterocycles. The molecule has 0 aromatic heterocycles. The second-order valence-corrected chi connectivity index (χ2v) is 24.4. The maximum absolute atomic E-state index is 15.3. The van der Waals surface area contributed by atoms with E-state index >= 15 is 9.59 Å². The van der Waals surface area contributed by atoms with Crippen LogP contribution in [0.3, 0.4) is 0 Å². The van der Waals surface area contributed by atoms with Crippen molar-refractivity contribution in [2.45, 2.75) is 92.1 Å². The first-order chi connectivity index (χ1) is 52.2. The molecule has 107 heavy (non-hydrogen) atoms. The van der Waals surface area contributed by atoms with Crippen molar-refractivity contribution in [3.63, 3.8) is 0 Å². The van der Waals surface area contributed by atoms with Crippen LogP contribution in [0.25, 0.3) is 0 Å². The van der Waals surface area contributed by atoms with Crippen LogP contribution >= 0.6 is 0 Å². The maximum Gasteiger partial charge on any atom is 0.338 e. The first kappa shape index (κ1) is 74.6. The number of ether oxygens (including phenoxy) is 15. The lowest BCUT2D eigenvalue weighted by Gasteiger charge is -2.50. The van der Waals surface area contributed by atoms with E-state index < -0.39 is 166 Å². The first-order valence-corrected chi connectivity index (χ1v) is 33.9. The Morgan fingerprint density at radius 2 is 0.449 bits per heavy atom. The van der Waals surface area contributed by atoms with Gasteiger partial charge in [0.15, 0.2) is 55.5 Å². The molecule has 0 unspecified atom stereocenters. The van der Waals surface area contributed by atoms with Gasteiger partial charge in [-0.05, 0) is 109 Å². The smallest absolute Gasteiger partial charge is 0.338 e. The van der Waals surface area contributed by atoms with Gasteiger partial charge in [0.2, 0.25) is 0 Å². The molecule has 3 aliphatic heterocycles. The van der Waals surface area contributed by atoms with Gasteiger partial charge in [0.25, 0.3) is 0 Å². The molecule has 0 radical (unpaired) electrons. The van der Waals surface area contributed by atoms with Gasteiger partial charge in [-0.2, -0.15) is 0 Å². The van der Waals surface area contributed by atoms with Gasteiger partial charge < -0.3 is 76.2 Å². The van der Waals surface area contributed by atoms with Crippen LogP contribution < -0.4 is 0 Å². The maximum atomic E-state index is 15.3. The molecule has 0 spiro atoms. The van der Waals surface area contributed by atoms with Crippen LogP contribution in [-0.2, 0) is 71.1 Å². The first-order valence-electron chi connectivity index (χ1n) is 33.9. The van der Waals surface area contributed by atoms with Crippen molar-refractivity contribution in [2.24, 2.45) is 0 Å². The molecule has 9 aromatic carbocycles. The highest BCUT2D eigenvalue weighted by atomic mass is 16.8. The van der Waals surface area contributed by atoms with E-state index in [-0.39, 0.29) is 50.1 Å². The highest BCUT2D eigenvalue weighted by Gasteiger charge is 2.60. The monoisotopic (exact) mass is 1450 g/mol. The van der Waals surface area contributed by atoms with Crippen molar-refractivity contribution in [3.05, 3.63) is 323 Å². The molecule has 0 saturated carbocycles. The number of methoxy groups -OCH3 is 1. The molecule has 12 rings (SSSR count). The molecule has 1 N–H and O–H groups in total. The molecule has 0 amide bonds. The van der Waals surface area contributed by atoms with Crippen LogP contribution in [0.2, 0.25) is 0 Å². The van der Waals surface area contributed by atoms with Crippen LogP contribution in [0, 0.1) is 0 Å². The normalized spacial score (nSPS) is 23.8. The lowest BCUT2D eigenvalue weighted by molar-refractivity contribution is -0.377. The van der Waals surface area contributed by atoms with E-state index in [0.29, 0.717) is 0 Å². The summed E-state index contributed by atoms with van der Waals surface area (Å²) in [4.78, 5) is 131. The predicted molar refractivity (Wildman–Crippen MR) is 373 cm³/mol. The Balaban J connectivity index is 1.04. The van der Waals surface area contributed by atoms with Gasteiger partial charge in [-0.3, -0.25) is 0 Å². The molecule has 3 fully saturated rings. The summed E-state index contributed by atoms with van der Waals surface area (Å²) in [6, 6.07) is 68.5. The topological polar surface area (TPSA) is 312 Å². The fourth-order valence-corrected chi connectivity index (χ4v) is 11.9. The molecule has 25 heteroatoms. The summed E-state index contributed by atoms with van der Waals surface area (Å²) in [5.74, 6) is -9.18. The Morgan fingerprint density at radius 3 is 0.710 bits per heavy atom. The van der Waals surface area contributed by atoms with Crippen LogP contribution in [0.15, 0.2) is 273 Å². The lowest BCUT2D eigenvalue weighted by Crippen LogP contribution is -2.69. The van der Waals surface area contributed by atoms with Crippen LogP contribution in [0.4, 0.5) is 0 Å². The molecule has 3 aliphatic rings. The van der Waals surface area contributed by atoms with E-state index in [1.54, 1.807) is 127 Å². The molecule has 25 nitrogen and oxygen atoms in total. The van der Waals surface area contributed by atoms with Crippen LogP contribution in [0.1, 0.15) is 93.2 Å². The third kappa shape index (κ3) is 18.9. The minimum absolute atomic E-state index is 0.00987. The Hall–Kier alpha value is -12.1. The number of rotatable bonds is 26. The number of carbonyl (C=O) groups is 9. The number of hydrogen-bond acceptors (Lipinski definition) is 25. The van der Waals surface area contributed by atoms with Gasteiger partial charge in [0.1, 0.15) is 56.4 Å². The van der Waals surface area contributed by atoms with E-state index in [9.17, 15) is 38.7 Å². The summed E-state index contributed by atoms with van der Waals surface area (Å²) in [5, 5.41) is 13.1. The second kappa shape index (κ2) is 36.1. The Kier molecular flexibility index (Phi) is 25.2. The van der Waals surface area contributed by atoms with E-state index in [4.69, 9.17) is 71.1 Å². The molecule has 15 atom stereocenters. The second-order valence-electron chi connectivity index (χ2n) is 24.4. The van der Waals surface area contributed by atoms with E-state index in [1.807, 2.05) is 0 Å². The molecule has 548 valence electrons. The minimum Gasteiger partial charge on any atom is -0.459 e. The van der Waals surface area contributed by atoms with Crippen LogP contribution in [0.5, 0.6) is 0 Å². The average molecular weight is 1460 g/mol. The van der Waals surface area contributed by atoms with Crippen molar-refractivity contribution >= 4 is 53.7 Å². The van der Waals surface area contributed by atoms with Crippen LogP contribution in [-0.4, -0.2) is 178 Å². The van der Waals surface area contributed by atoms with Crippen molar-refractivity contribution in [1.82, 2.24) is 0 Å². The summed E-state index contributed by atoms with van der Waals surface area (Å²) in [6.45, 7) is -2.50. The summed E-state index contributed by atoms with van der Waals surface area (Å²) in [6.07, 6.45) is -30.4. The summed E-state index contributed by atoms with van der Waals surface area (Å²) < 4.78 is 96.5. The lowest BCUT2D eigenvalue weighted by atomic mass is 9.94. The molecule has 0 bridgehead atoms. The Bertz CT molecular complexity index is 4450. The number of aliphatic hydroxyl groups is 1. The summed E-state index contributed by atoms with van der Waals surface area (Å²) in [7, 11) is 1.19. The third-order valence-corrected chi connectivity index (χ3v) is 17.3. The molecule has 9 aromatic rings. The Morgan fingerprint density at radius 1 is 0.252 bits per heavy atom. The van der Waals surface area contributed by atoms with Gasteiger partial charge in [0.05, 0.1) is 50.1 Å². The third-order valence-electron chi connectivity index (χ3n) is 17.3. The summed E-state index contributed by atoms with van der Waals surface area (Å²) in [5.41, 5.74) is -0.134. The zero-order valence-electron chi connectivity index (χ0n) is 57.0. The van der Waals surface area contributed by atoms with Gasteiger partial charge in [-0.1, -0.05) is 164 Å². The fourth-order valence-electron chi connectivity index (χ4n) is 11.9. The predicted octanol–water partition coefficient (Wildman–Crippen LogP) is 9.86. The number of esters is 9. The minimum atomic E-state index is -2.30. The number of hydrogen-bond donors (Lipinski definition) is 1. The number of aliphatic hydroxyl groups excluding tert-OH is 1. The van der Waals surface area contributed by atoms with E-state index in [0.717, 1.165) is 0 Å². The van der Waals surface area contributed by atoms with Crippen molar-refractivity contribution in [2.75, 3.05) is 26.9 Å². The number of carbonyl (C=O) groups excluding carboxylic acids is 9. The fraction of sp³-hybridized carbons (Fsp3) is 0.232. The SMILES string of the molecule is CO[C@H]1O[C@H](COC(=O)c2ccccc2)[C@@H](OC(=O)c2ccccc2)[C@H](O[C@H]2O[C@H](COC(=O)c3ccccc3)[C@@H](OC(=O)c3ccccc3)[C@H](O[C@H]3O[C@H](COC(=O)c4ccccc4)[C@@H](OC(=O)c4ccccc4)[C@H](O)[C@@H]3OC(=O)c3ccccc3)[C@@H]2OC(=O)c2ccccc2)[C@@H]1OC(=O)c1ccccc1. The van der Waals surface area contributed by atoms with Gasteiger partial charge in [-0.25, -0.2) is 43.2 Å². The molecule has 3 heterocycles.